The maximum absolute atomic E-state index is 14.0. The zero-order chi connectivity index (χ0) is 24.3. The first kappa shape index (κ1) is 21.6. The van der Waals surface area contributed by atoms with Crippen LogP contribution in [-0.4, -0.2) is 60.7 Å². The minimum absolute atomic E-state index is 0.0121. The van der Waals surface area contributed by atoms with Gasteiger partial charge in [-0.25, -0.2) is 23.0 Å². The van der Waals surface area contributed by atoms with E-state index < -0.39 is 18.0 Å². The van der Waals surface area contributed by atoms with E-state index in [0.29, 0.717) is 30.2 Å². The van der Waals surface area contributed by atoms with Crippen molar-refractivity contribution in [1.82, 2.24) is 24.4 Å². The van der Waals surface area contributed by atoms with E-state index in [1.807, 2.05) is 0 Å². The lowest BCUT2D eigenvalue weighted by Crippen LogP contribution is -2.37. The molecule has 0 spiro atoms. The quantitative estimate of drug-likeness (QED) is 0.432. The molecule has 2 aliphatic heterocycles. The molecule has 12 heteroatoms. The van der Waals surface area contributed by atoms with Crippen LogP contribution in [-0.2, 0) is 11.3 Å². The first-order valence-corrected chi connectivity index (χ1v) is 11.1. The lowest BCUT2D eigenvalue weighted by atomic mass is 10.1. The fourth-order valence-corrected chi connectivity index (χ4v) is 4.79. The van der Waals surface area contributed by atoms with Gasteiger partial charge in [0.1, 0.15) is 22.8 Å². The second kappa shape index (κ2) is 8.10. The highest BCUT2D eigenvalue weighted by molar-refractivity contribution is 6.05. The Morgan fingerprint density at radius 3 is 2.66 bits per heavy atom. The van der Waals surface area contributed by atoms with Crippen LogP contribution in [0.1, 0.15) is 34.5 Å². The molecular weight excluding hydrogens is 460 g/mol. The smallest absolute Gasteiger partial charge is 0.282 e. The molecule has 6 rings (SSSR count). The Kier molecular flexibility index (Phi) is 5.00. The van der Waals surface area contributed by atoms with E-state index in [9.17, 15) is 18.7 Å². The number of primary amides is 1. The molecule has 10 nitrogen and oxygen atoms in total. The number of benzene rings is 1. The van der Waals surface area contributed by atoms with Crippen molar-refractivity contribution in [2.45, 2.75) is 31.6 Å². The Morgan fingerprint density at radius 1 is 1.23 bits per heavy atom. The summed E-state index contributed by atoms with van der Waals surface area (Å²) in [6, 6.07) is 8.61. The number of nitrogens with two attached hydrogens (primary N) is 1. The fraction of sp³-hybridized carbons (Fsp3) is 0.304. The van der Waals surface area contributed by atoms with Crippen molar-refractivity contribution in [2.75, 3.05) is 18.1 Å². The van der Waals surface area contributed by atoms with E-state index in [1.165, 1.54) is 15.4 Å². The third-order valence-corrected chi connectivity index (χ3v) is 6.50. The normalized spacial score (nSPS) is 19.4. The van der Waals surface area contributed by atoms with E-state index in [4.69, 9.17) is 10.5 Å². The number of morpholine rings is 1. The summed E-state index contributed by atoms with van der Waals surface area (Å²) in [6.45, 7) is 1.16. The average molecular weight is 481 g/mol. The number of amides is 1. The third-order valence-electron chi connectivity index (χ3n) is 6.50. The van der Waals surface area contributed by atoms with Gasteiger partial charge in [-0.1, -0.05) is 12.1 Å². The lowest BCUT2D eigenvalue weighted by Gasteiger charge is -2.27. The summed E-state index contributed by atoms with van der Waals surface area (Å²) in [5.74, 6) is -0.179. The van der Waals surface area contributed by atoms with E-state index >= 15 is 0 Å². The Labute approximate surface area is 197 Å². The molecule has 2 saturated heterocycles. The molecule has 3 N–H and O–H groups in total. The Morgan fingerprint density at radius 2 is 2.03 bits per heavy atom. The van der Waals surface area contributed by atoms with E-state index in [-0.39, 0.29) is 41.2 Å². The highest BCUT2D eigenvalue weighted by Crippen LogP contribution is 2.35. The van der Waals surface area contributed by atoms with Gasteiger partial charge >= 0.3 is 0 Å². The number of halogens is 2. The van der Waals surface area contributed by atoms with Gasteiger partial charge in [0, 0.05) is 18.9 Å². The van der Waals surface area contributed by atoms with Crippen LogP contribution >= 0.6 is 0 Å². The van der Waals surface area contributed by atoms with Crippen LogP contribution in [0.2, 0.25) is 0 Å². The summed E-state index contributed by atoms with van der Waals surface area (Å²) in [4.78, 5) is 19.3. The molecule has 0 unspecified atom stereocenters. The lowest BCUT2D eigenvalue weighted by molar-refractivity contribution is 0.0987. The number of aromatic nitrogens is 5. The molecule has 2 bridgehead atoms. The summed E-state index contributed by atoms with van der Waals surface area (Å²) in [7, 11) is 0. The number of carbonyl (C=O) groups is 1. The molecule has 180 valence electrons. The summed E-state index contributed by atoms with van der Waals surface area (Å²) >= 11 is 0. The molecule has 5 heterocycles. The van der Waals surface area contributed by atoms with Crippen LogP contribution in [0.5, 0.6) is 0 Å². The third kappa shape index (κ3) is 3.53. The maximum atomic E-state index is 14.0. The first-order chi connectivity index (χ1) is 16.9. The van der Waals surface area contributed by atoms with Crippen molar-refractivity contribution < 1.29 is 23.4 Å². The molecule has 1 aromatic carbocycles. The number of anilines is 1. The molecule has 4 aromatic rings. The van der Waals surface area contributed by atoms with Crippen LogP contribution in [0.25, 0.3) is 22.6 Å². The molecule has 0 saturated carbocycles. The number of nitrogens with zero attached hydrogens (tertiary/aromatic N) is 6. The van der Waals surface area contributed by atoms with E-state index in [0.717, 1.165) is 6.42 Å². The monoisotopic (exact) mass is 481 g/mol. The van der Waals surface area contributed by atoms with Crippen molar-refractivity contribution in [2.24, 2.45) is 5.73 Å². The number of alkyl halides is 2. The Hall–Kier alpha value is -3.90. The number of hydrogen-bond acceptors (Lipinski definition) is 7. The second-order valence-corrected chi connectivity index (χ2v) is 8.64. The molecule has 0 radical (unpaired) electrons. The summed E-state index contributed by atoms with van der Waals surface area (Å²) in [6.07, 6.45) is 1.18. The SMILES string of the molecule is NC(=O)c1c(-c2cn(-c3ccc(CO)cc3)nc2C(F)F)nn2ccc(N3C[C@H]4C[C@@H]3CO4)nc12. The number of ether oxygens (including phenoxy) is 1. The van der Waals surface area contributed by atoms with Gasteiger partial charge in [-0.15, -0.1) is 0 Å². The van der Waals surface area contributed by atoms with Crippen LogP contribution in [0, 0.1) is 0 Å². The predicted molar refractivity (Wildman–Crippen MR) is 120 cm³/mol. The Balaban J connectivity index is 1.47. The van der Waals surface area contributed by atoms with Crippen molar-refractivity contribution in [3.05, 3.63) is 59.5 Å². The van der Waals surface area contributed by atoms with Crippen molar-refractivity contribution >= 4 is 17.4 Å². The molecule has 1 amide bonds. The van der Waals surface area contributed by atoms with Gasteiger partial charge < -0.3 is 20.5 Å². The summed E-state index contributed by atoms with van der Waals surface area (Å²) in [5, 5.41) is 17.7. The first-order valence-electron chi connectivity index (χ1n) is 11.1. The molecule has 2 atom stereocenters. The number of fused-ring (bicyclic) bond motifs is 3. The summed E-state index contributed by atoms with van der Waals surface area (Å²) < 4.78 is 36.3. The predicted octanol–water partition coefficient (Wildman–Crippen LogP) is 2.09. The number of aliphatic hydroxyl groups excluding tert-OH is 1. The maximum Gasteiger partial charge on any atom is 0.282 e. The van der Waals surface area contributed by atoms with Crippen LogP contribution in [0.15, 0.2) is 42.7 Å². The Bertz CT molecular complexity index is 1430. The van der Waals surface area contributed by atoms with E-state index in [2.05, 4.69) is 20.1 Å². The number of hydrogen-bond donors (Lipinski definition) is 2. The molecule has 3 aromatic heterocycles. The van der Waals surface area contributed by atoms with Gasteiger partial charge in [-0.3, -0.25) is 4.79 Å². The minimum atomic E-state index is -2.92. The van der Waals surface area contributed by atoms with Crippen molar-refractivity contribution in [3.8, 4) is 16.9 Å². The molecule has 2 fully saturated rings. The molecular formula is C23H21F2N7O3. The second-order valence-electron chi connectivity index (χ2n) is 8.64. The van der Waals surface area contributed by atoms with Crippen LogP contribution < -0.4 is 10.6 Å². The van der Waals surface area contributed by atoms with Gasteiger partial charge in [-0.2, -0.15) is 10.2 Å². The standard InChI is InChI=1S/C23H21F2N7O3/c24-21(25)20-16(9-32(29-20)13-3-1-12(10-33)2-4-13)19-18(22(26)34)23-27-17(5-6-31(23)28-19)30-8-15-7-14(30)11-35-15/h1-6,9,14-15,21,33H,7-8,10-11H2,(H2,26,34)/t14-,15-/m1/s1. The number of carbonyl (C=O) groups excluding carboxylic acids is 1. The van der Waals surface area contributed by atoms with Gasteiger partial charge in [0.15, 0.2) is 5.65 Å². The fourth-order valence-electron chi connectivity index (χ4n) is 4.79. The van der Waals surface area contributed by atoms with E-state index in [1.54, 1.807) is 36.5 Å². The van der Waals surface area contributed by atoms with Gasteiger partial charge in [-0.05, 0) is 30.2 Å². The minimum Gasteiger partial charge on any atom is -0.392 e. The topological polar surface area (TPSA) is 124 Å². The molecule has 2 aliphatic rings. The molecule has 35 heavy (non-hydrogen) atoms. The summed E-state index contributed by atoms with van der Waals surface area (Å²) in [5.41, 5.74) is 6.46. The zero-order valence-electron chi connectivity index (χ0n) is 18.4. The highest BCUT2D eigenvalue weighted by atomic mass is 19.3. The highest BCUT2D eigenvalue weighted by Gasteiger charge is 2.40. The zero-order valence-corrected chi connectivity index (χ0v) is 18.4. The van der Waals surface area contributed by atoms with Crippen molar-refractivity contribution in [3.63, 3.8) is 0 Å². The van der Waals surface area contributed by atoms with Gasteiger partial charge in [0.05, 0.1) is 36.6 Å². The van der Waals surface area contributed by atoms with Crippen LogP contribution in [0.4, 0.5) is 14.6 Å². The van der Waals surface area contributed by atoms with Gasteiger partial charge in [0.2, 0.25) is 0 Å². The van der Waals surface area contributed by atoms with Crippen LogP contribution in [0.3, 0.4) is 0 Å². The number of aliphatic hydroxyl groups is 1. The van der Waals surface area contributed by atoms with Crippen molar-refractivity contribution in [1.29, 1.82) is 0 Å². The molecule has 0 aliphatic carbocycles. The van der Waals surface area contributed by atoms with Gasteiger partial charge in [0.25, 0.3) is 12.3 Å². The average Bonchev–Trinajstić information content (AvgIpc) is 3.65. The number of rotatable bonds is 6. The largest absolute Gasteiger partial charge is 0.392 e.